The highest BCUT2D eigenvalue weighted by Crippen LogP contribution is 2.23. The summed E-state index contributed by atoms with van der Waals surface area (Å²) < 4.78 is 0. The Morgan fingerprint density at radius 3 is 2.36 bits per heavy atom. The normalized spacial score (nSPS) is 33.2. The van der Waals surface area contributed by atoms with Gasteiger partial charge < -0.3 is 10.6 Å². The molecule has 2 aliphatic rings. The first-order valence-corrected chi connectivity index (χ1v) is 6.33. The van der Waals surface area contributed by atoms with Crippen molar-refractivity contribution in [1.29, 1.82) is 0 Å². The molecule has 82 valence electrons. The lowest BCUT2D eigenvalue weighted by Crippen LogP contribution is -2.40. The Balaban J connectivity index is 1.53. The van der Waals surface area contributed by atoms with Crippen molar-refractivity contribution in [2.45, 2.75) is 57.5 Å². The Morgan fingerprint density at radius 2 is 1.64 bits per heavy atom. The van der Waals surface area contributed by atoms with Crippen molar-refractivity contribution in [2.75, 3.05) is 13.1 Å². The SMILES string of the molecule is CC1CCCCC1NCCNC1CC1. The topological polar surface area (TPSA) is 24.1 Å². The number of nitrogens with one attached hydrogen (secondary N) is 2. The molecule has 2 N–H and O–H groups in total. The zero-order valence-electron chi connectivity index (χ0n) is 9.39. The Kier molecular flexibility index (Phi) is 3.82. The molecule has 14 heavy (non-hydrogen) atoms. The average Bonchev–Trinajstić information content (AvgIpc) is 2.99. The van der Waals surface area contributed by atoms with Crippen molar-refractivity contribution < 1.29 is 0 Å². The number of hydrogen-bond donors (Lipinski definition) is 2. The molecule has 0 radical (unpaired) electrons. The van der Waals surface area contributed by atoms with Gasteiger partial charge in [-0.2, -0.15) is 0 Å². The molecule has 0 amide bonds. The van der Waals surface area contributed by atoms with Gasteiger partial charge >= 0.3 is 0 Å². The first-order chi connectivity index (χ1) is 6.86. The minimum absolute atomic E-state index is 0.796. The van der Waals surface area contributed by atoms with Crippen LogP contribution in [0.1, 0.15) is 45.4 Å². The van der Waals surface area contributed by atoms with Crippen molar-refractivity contribution >= 4 is 0 Å². The summed E-state index contributed by atoms with van der Waals surface area (Å²) in [7, 11) is 0. The maximum absolute atomic E-state index is 3.69. The highest BCUT2D eigenvalue weighted by Gasteiger charge is 2.21. The van der Waals surface area contributed by atoms with Crippen LogP contribution in [-0.4, -0.2) is 25.2 Å². The van der Waals surface area contributed by atoms with E-state index < -0.39 is 0 Å². The minimum Gasteiger partial charge on any atom is -0.313 e. The maximum atomic E-state index is 3.69. The van der Waals surface area contributed by atoms with Crippen LogP contribution in [0.2, 0.25) is 0 Å². The van der Waals surface area contributed by atoms with Gasteiger partial charge in [0.25, 0.3) is 0 Å². The first kappa shape index (κ1) is 10.4. The van der Waals surface area contributed by atoms with Crippen LogP contribution >= 0.6 is 0 Å². The van der Waals surface area contributed by atoms with E-state index in [0.29, 0.717) is 0 Å². The summed E-state index contributed by atoms with van der Waals surface area (Å²) in [4.78, 5) is 0. The molecule has 2 fully saturated rings. The average molecular weight is 196 g/mol. The van der Waals surface area contributed by atoms with Crippen molar-refractivity contribution in [3.63, 3.8) is 0 Å². The Labute approximate surface area is 87.8 Å². The summed E-state index contributed by atoms with van der Waals surface area (Å²) in [5.74, 6) is 0.893. The Bertz CT molecular complexity index is 166. The highest BCUT2D eigenvalue weighted by molar-refractivity contribution is 4.82. The Morgan fingerprint density at radius 1 is 0.929 bits per heavy atom. The molecule has 0 aromatic carbocycles. The number of rotatable bonds is 5. The van der Waals surface area contributed by atoms with Gasteiger partial charge in [-0.15, -0.1) is 0 Å². The predicted molar refractivity (Wildman–Crippen MR) is 60.4 cm³/mol. The molecule has 2 aliphatic carbocycles. The van der Waals surface area contributed by atoms with E-state index in [1.807, 2.05) is 0 Å². The fraction of sp³-hybridized carbons (Fsp3) is 1.00. The number of hydrogen-bond acceptors (Lipinski definition) is 2. The van der Waals surface area contributed by atoms with Gasteiger partial charge in [0, 0.05) is 25.2 Å². The maximum Gasteiger partial charge on any atom is 0.00932 e. The molecule has 2 heteroatoms. The van der Waals surface area contributed by atoms with E-state index in [0.717, 1.165) is 31.1 Å². The zero-order valence-corrected chi connectivity index (χ0v) is 9.39. The lowest BCUT2D eigenvalue weighted by Gasteiger charge is -2.29. The van der Waals surface area contributed by atoms with E-state index in [9.17, 15) is 0 Å². The van der Waals surface area contributed by atoms with Gasteiger partial charge in [-0.25, -0.2) is 0 Å². The molecule has 0 saturated heterocycles. The largest absolute Gasteiger partial charge is 0.313 e. The second kappa shape index (κ2) is 5.13. The minimum atomic E-state index is 0.796. The van der Waals surface area contributed by atoms with Gasteiger partial charge in [0.05, 0.1) is 0 Å². The van der Waals surface area contributed by atoms with Gasteiger partial charge in [-0.3, -0.25) is 0 Å². The van der Waals surface area contributed by atoms with Crippen molar-refractivity contribution in [2.24, 2.45) is 5.92 Å². The van der Waals surface area contributed by atoms with Crippen LogP contribution in [0, 0.1) is 5.92 Å². The zero-order chi connectivity index (χ0) is 9.80. The molecule has 2 unspecified atom stereocenters. The molecular formula is C12H24N2. The molecule has 0 spiro atoms. The van der Waals surface area contributed by atoms with Crippen molar-refractivity contribution in [3.05, 3.63) is 0 Å². The van der Waals surface area contributed by atoms with Gasteiger partial charge in [-0.1, -0.05) is 19.8 Å². The summed E-state index contributed by atoms with van der Waals surface area (Å²) in [6.07, 6.45) is 8.50. The van der Waals surface area contributed by atoms with Crippen molar-refractivity contribution in [1.82, 2.24) is 10.6 Å². The van der Waals surface area contributed by atoms with E-state index in [2.05, 4.69) is 17.6 Å². The quantitative estimate of drug-likeness (QED) is 0.656. The third-order valence-corrected chi connectivity index (χ3v) is 3.65. The molecule has 2 nitrogen and oxygen atoms in total. The summed E-state index contributed by atoms with van der Waals surface area (Å²) in [6.45, 7) is 4.71. The smallest absolute Gasteiger partial charge is 0.00932 e. The van der Waals surface area contributed by atoms with Gasteiger partial charge in [-0.05, 0) is 31.6 Å². The Hall–Kier alpha value is -0.0800. The van der Waals surface area contributed by atoms with E-state index in [1.54, 1.807) is 0 Å². The fourth-order valence-corrected chi connectivity index (χ4v) is 2.44. The highest BCUT2D eigenvalue weighted by atomic mass is 15.0. The van der Waals surface area contributed by atoms with Crippen LogP contribution in [0.25, 0.3) is 0 Å². The molecule has 0 aliphatic heterocycles. The van der Waals surface area contributed by atoms with E-state index in [4.69, 9.17) is 0 Å². The molecule has 0 aromatic heterocycles. The van der Waals surface area contributed by atoms with Crippen LogP contribution in [0.3, 0.4) is 0 Å². The summed E-state index contributed by atoms with van der Waals surface area (Å²) in [5, 5.41) is 7.24. The molecular weight excluding hydrogens is 172 g/mol. The third-order valence-electron chi connectivity index (χ3n) is 3.65. The van der Waals surface area contributed by atoms with Gasteiger partial charge in [0.2, 0.25) is 0 Å². The van der Waals surface area contributed by atoms with Gasteiger partial charge in [0.1, 0.15) is 0 Å². The van der Waals surface area contributed by atoms with Crippen LogP contribution in [0.15, 0.2) is 0 Å². The monoisotopic (exact) mass is 196 g/mol. The molecule has 2 saturated carbocycles. The molecule has 2 atom stereocenters. The van der Waals surface area contributed by atoms with E-state index in [1.165, 1.54) is 38.5 Å². The molecule has 0 bridgehead atoms. The predicted octanol–water partition coefficient (Wildman–Crippen LogP) is 1.91. The van der Waals surface area contributed by atoms with E-state index >= 15 is 0 Å². The van der Waals surface area contributed by atoms with Crippen LogP contribution in [0.5, 0.6) is 0 Å². The molecule has 0 aromatic rings. The summed E-state index contributed by atoms with van der Waals surface area (Å²) >= 11 is 0. The molecule has 0 heterocycles. The second-order valence-corrected chi connectivity index (χ2v) is 5.05. The lowest BCUT2D eigenvalue weighted by molar-refractivity contribution is 0.281. The molecule has 2 rings (SSSR count). The van der Waals surface area contributed by atoms with Crippen LogP contribution in [-0.2, 0) is 0 Å². The van der Waals surface area contributed by atoms with Crippen LogP contribution in [0.4, 0.5) is 0 Å². The van der Waals surface area contributed by atoms with Crippen LogP contribution < -0.4 is 10.6 Å². The van der Waals surface area contributed by atoms with Crippen molar-refractivity contribution in [3.8, 4) is 0 Å². The first-order valence-electron chi connectivity index (χ1n) is 6.33. The summed E-state index contributed by atoms with van der Waals surface area (Å²) in [6, 6.07) is 1.66. The third kappa shape index (κ3) is 3.25. The fourth-order valence-electron chi connectivity index (χ4n) is 2.44. The summed E-state index contributed by atoms with van der Waals surface area (Å²) in [5.41, 5.74) is 0. The lowest BCUT2D eigenvalue weighted by atomic mass is 9.86. The second-order valence-electron chi connectivity index (χ2n) is 5.05. The van der Waals surface area contributed by atoms with E-state index in [-0.39, 0.29) is 0 Å². The standard InChI is InChI=1S/C12H24N2/c1-10-4-2-3-5-12(10)14-9-8-13-11-6-7-11/h10-14H,2-9H2,1H3. The van der Waals surface area contributed by atoms with Gasteiger partial charge in [0.15, 0.2) is 0 Å².